The van der Waals surface area contributed by atoms with Crippen LogP contribution in [-0.2, 0) is 6.54 Å². The van der Waals surface area contributed by atoms with E-state index >= 15 is 0 Å². The van der Waals surface area contributed by atoms with Crippen molar-refractivity contribution in [2.75, 3.05) is 13.1 Å². The fraction of sp³-hybridized carbons (Fsp3) is 0.533. The molecule has 8 nitrogen and oxygen atoms in total. The van der Waals surface area contributed by atoms with Crippen LogP contribution in [0, 0.1) is 6.92 Å². The normalized spacial score (nSPS) is 25.6. The number of aromatic amines is 1. The minimum absolute atomic E-state index is 0.448. The zero-order chi connectivity index (χ0) is 16.6. The van der Waals surface area contributed by atoms with Gasteiger partial charge >= 0.3 is 5.69 Å². The summed E-state index contributed by atoms with van der Waals surface area (Å²) in [6, 6.07) is 2.71. The molecule has 2 atom stereocenters. The number of aliphatic hydroxyl groups is 1. The fourth-order valence-electron chi connectivity index (χ4n) is 3.01. The van der Waals surface area contributed by atoms with Crippen molar-refractivity contribution in [3.8, 4) is 0 Å². The number of rotatable bonds is 3. The van der Waals surface area contributed by atoms with Gasteiger partial charge in [0.15, 0.2) is 0 Å². The van der Waals surface area contributed by atoms with Gasteiger partial charge in [-0.1, -0.05) is 5.16 Å². The molecule has 0 radical (unpaired) electrons. The molecule has 2 N–H and O–H groups in total. The second-order valence-corrected chi connectivity index (χ2v) is 6.30. The van der Waals surface area contributed by atoms with E-state index in [-0.39, 0.29) is 0 Å². The van der Waals surface area contributed by atoms with Crippen LogP contribution in [0.1, 0.15) is 30.8 Å². The van der Waals surface area contributed by atoms with Crippen molar-refractivity contribution >= 4 is 0 Å². The van der Waals surface area contributed by atoms with Crippen molar-refractivity contribution in [3.05, 3.63) is 50.6 Å². The first-order valence-corrected chi connectivity index (χ1v) is 7.53. The van der Waals surface area contributed by atoms with Crippen LogP contribution in [0.15, 0.2) is 32.4 Å². The molecule has 23 heavy (non-hydrogen) atoms. The third-order valence-electron chi connectivity index (χ3n) is 4.33. The summed E-state index contributed by atoms with van der Waals surface area (Å²) >= 11 is 0. The molecule has 2 aromatic rings. The maximum atomic E-state index is 12.0. The van der Waals surface area contributed by atoms with Gasteiger partial charge < -0.3 is 9.63 Å². The summed E-state index contributed by atoms with van der Waals surface area (Å²) in [5, 5.41) is 14.6. The van der Waals surface area contributed by atoms with Crippen LogP contribution < -0.4 is 11.2 Å². The van der Waals surface area contributed by atoms with Gasteiger partial charge in [0.05, 0.1) is 17.3 Å². The maximum absolute atomic E-state index is 12.0. The molecule has 0 spiro atoms. The quantitative estimate of drug-likeness (QED) is 0.827. The fourth-order valence-corrected chi connectivity index (χ4v) is 3.01. The molecule has 0 unspecified atom stereocenters. The van der Waals surface area contributed by atoms with E-state index in [2.05, 4.69) is 15.0 Å². The van der Waals surface area contributed by atoms with Gasteiger partial charge in [0, 0.05) is 38.0 Å². The van der Waals surface area contributed by atoms with E-state index in [1.165, 1.54) is 16.8 Å². The largest absolute Gasteiger partial charge is 0.388 e. The second kappa shape index (κ2) is 5.78. The zero-order valence-electron chi connectivity index (χ0n) is 13.2. The van der Waals surface area contributed by atoms with E-state index < -0.39 is 22.9 Å². The first kappa shape index (κ1) is 15.7. The molecule has 0 aromatic carbocycles. The van der Waals surface area contributed by atoms with Crippen molar-refractivity contribution in [1.29, 1.82) is 0 Å². The summed E-state index contributed by atoms with van der Waals surface area (Å²) in [6.07, 6.45) is 1.95. The number of nitrogens with zero attached hydrogens (tertiary/aromatic N) is 3. The van der Waals surface area contributed by atoms with Gasteiger partial charge in [-0.15, -0.1) is 0 Å². The Balaban J connectivity index is 1.84. The van der Waals surface area contributed by atoms with E-state index in [4.69, 9.17) is 4.52 Å². The number of piperidine rings is 1. The summed E-state index contributed by atoms with van der Waals surface area (Å²) in [4.78, 5) is 27.6. The number of H-pyrrole nitrogens is 1. The van der Waals surface area contributed by atoms with E-state index in [9.17, 15) is 14.7 Å². The monoisotopic (exact) mass is 320 g/mol. The highest BCUT2D eigenvalue weighted by molar-refractivity contribution is 5.05. The molecule has 1 aliphatic rings. The molecule has 1 saturated heterocycles. The van der Waals surface area contributed by atoms with Crippen LogP contribution in [0.2, 0.25) is 0 Å². The van der Waals surface area contributed by atoms with Gasteiger partial charge in [-0.25, -0.2) is 4.79 Å². The number of aromatic nitrogens is 3. The Labute approximate surface area is 132 Å². The predicted molar refractivity (Wildman–Crippen MR) is 82.1 cm³/mol. The first-order chi connectivity index (χ1) is 10.8. The molecular weight excluding hydrogens is 300 g/mol. The topological polar surface area (TPSA) is 104 Å². The van der Waals surface area contributed by atoms with Crippen LogP contribution in [0.3, 0.4) is 0 Å². The van der Waals surface area contributed by atoms with Crippen LogP contribution in [0.4, 0.5) is 0 Å². The zero-order valence-corrected chi connectivity index (χ0v) is 13.2. The van der Waals surface area contributed by atoms with Gasteiger partial charge in [0.1, 0.15) is 5.76 Å². The summed E-state index contributed by atoms with van der Waals surface area (Å²) in [6.45, 7) is 5.30. The Morgan fingerprint density at radius 2 is 2.30 bits per heavy atom. The lowest BCUT2D eigenvalue weighted by molar-refractivity contribution is -0.0546. The first-order valence-electron chi connectivity index (χ1n) is 7.53. The standard InChI is InChI=1S/C15H20N4O4/c1-10-7-11(17-23-10)8-18-6-4-15(2,22)12(9-18)19-5-3-13(20)16-14(19)21/h3,5,7,12,22H,4,6,8-9H2,1-2H3,(H,16,20,21)/t12-,15-/m1/s1. The van der Waals surface area contributed by atoms with Gasteiger partial charge in [0.25, 0.3) is 5.56 Å². The van der Waals surface area contributed by atoms with Crippen LogP contribution in [-0.4, -0.2) is 43.4 Å². The second-order valence-electron chi connectivity index (χ2n) is 6.30. The third-order valence-corrected chi connectivity index (χ3v) is 4.33. The van der Waals surface area contributed by atoms with Crippen molar-refractivity contribution in [2.24, 2.45) is 0 Å². The summed E-state index contributed by atoms with van der Waals surface area (Å²) in [7, 11) is 0. The lowest BCUT2D eigenvalue weighted by Crippen LogP contribution is -2.53. The van der Waals surface area contributed by atoms with Gasteiger partial charge in [0.2, 0.25) is 0 Å². The van der Waals surface area contributed by atoms with Crippen molar-refractivity contribution in [1.82, 2.24) is 19.6 Å². The Morgan fingerprint density at radius 1 is 1.52 bits per heavy atom. The highest BCUT2D eigenvalue weighted by atomic mass is 16.5. The van der Waals surface area contributed by atoms with Crippen molar-refractivity contribution < 1.29 is 9.63 Å². The number of aryl methyl sites for hydroxylation is 1. The highest BCUT2D eigenvalue weighted by Crippen LogP contribution is 2.31. The van der Waals surface area contributed by atoms with Gasteiger partial charge in [-0.2, -0.15) is 0 Å². The van der Waals surface area contributed by atoms with Crippen LogP contribution in [0.5, 0.6) is 0 Å². The third kappa shape index (κ3) is 3.27. The van der Waals surface area contributed by atoms with Crippen molar-refractivity contribution in [2.45, 2.75) is 38.5 Å². The number of hydrogen-bond acceptors (Lipinski definition) is 6. The van der Waals surface area contributed by atoms with Crippen molar-refractivity contribution in [3.63, 3.8) is 0 Å². The summed E-state index contributed by atoms with van der Waals surface area (Å²) < 4.78 is 6.46. The molecule has 2 aromatic heterocycles. The molecule has 0 amide bonds. The lowest BCUT2D eigenvalue weighted by Gasteiger charge is -2.42. The smallest absolute Gasteiger partial charge is 0.328 e. The Kier molecular flexibility index (Phi) is 3.95. The molecule has 3 heterocycles. The van der Waals surface area contributed by atoms with Gasteiger partial charge in [-0.3, -0.25) is 19.2 Å². The van der Waals surface area contributed by atoms with Crippen LogP contribution >= 0.6 is 0 Å². The van der Waals surface area contributed by atoms with E-state index in [1.807, 2.05) is 13.0 Å². The minimum atomic E-state index is -1.03. The van der Waals surface area contributed by atoms with E-state index in [0.29, 0.717) is 26.1 Å². The minimum Gasteiger partial charge on any atom is -0.388 e. The summed E-state index contributed by atoms with van der Waals surface area (Å²) in [5.41, 5.74) is -1.17. The number of hydrogen-bond donors (Lipinski definition) is 2. The Bertz CT molecular complexity index is 804. The SMILES string of the molecule is Cc1cc(CN2CC[C@@](C)(O)[C@H](n3ccc(=O)[nH]c3=O)C2)no1. The molecule has 1 aliphatic heterocycles. The molecule has 1 fully saturated rings. The average molecular weight is 320 g/mol. The molecule has 8 heteroatoms. The molecular formula is C15H20N4O4. The van der Waals surface area contributed by atoms with Gasteiger partial charge in [-0.05, 0) is 20.3 Å². The molecule has 0 bridgehead atoms. The molecule has 0 saturated carbocycles. The Hall–Kier alpha value is -2.19. The summed E-state index contributed by atoms with van der Waals surface area (Å²) in [5.74, 6) is 0.748. The van der Waals surface area contributed by atoms with E-state index in [1.54, 1.807) is 6.92 Å². The van der Waals surface area contributed by atoms with E-state index in [0.717, 1.165) is 11.5 Å². The van der Waals surface area contributed by atoms with Crippen LogP contribution in [0.25, 0.3) is 0 Å². The lowest BCUT2D eigenvalue weighted by atomic mass is 9.88. The molecule has 0 aliphatic carbocycles. The maximum Gasteiger partial charge on any atom is 0.328 e. The number of nitrogens with one attached hydrogen (secondary N) is 1. The number of likely N-dealkylation sites (tertiary alicyclic amines) is 1. The predicted octanol–water partition coefficient (Wildman–Crippen LogP) is 0.0310. The molecule has 3 rings (SSSR count). The average Bonchev–Trinajstić information content (AvgIpc) is 2.87. The molecule has 124 valence electrons. The Morgan fingerprint density at radius 3 is 2.96 bits per heavy atom. The highest BCUT2D eigenvalue weighted by Gasteiger charge is 2.39.